The monoisotopic (exact) mass is 419 g/mol. The van der Waals surface area contributed by atoms with Gasteiger partial charge in [-0.1, -0.05) is 17.3 Å². The van der Waals surface area contributed by atoms with Gasteiger partial charge in [0.15, 0.2) is 0 Å². The third-order valence-corrected chi connectivity index (χ3v) is 5.85. The Bertz CT molecular complexity index is 1040. The van der Waals surface area contributed by atoms with Gasteiger partial charge in [0.25, 0.3) is 0 Å². The highest BCUT2D eigenvalue weighted by atomic mass is 16.5. The maximum atomic E-state index is 12.7. The number of methoxy groups -OCH3 is 1. The molecule has 2 fully saturated rings. The molecule has 0 N–H and O–H groups in total. The Morgan fingerprint density at radius 2 is 1.87 bits per heavy atom. The number of rotatable bonds is 6. The van der Waals surface area contributed by atoms with E-state index in [4.69, 9.17) is 9.26 Å². The molecule has 0 unspecified atom stereocenters. The summed E-state index contributed by atoms with van der Waals surface area (Å²) in [5.74, 6) is 3.61. The van der Waals surface area contributed by atoms with Gasteiger partial charge in [-0.3, -0.25) is 4.79 Å². The number of carbonyl (C=O) groups excluding carboxylic acids is 1. The van der Waals surface area contributed by atoms with Crippen LogP contribution in [0.5, 0.6) is 5.75 Å². The Balaban J connectivity index is 1.15. The molecule has 1 amide bonds. The van der Waals surface area contributed by atoms with Crippen LogP contribution in [0.15, 0.2) is 47.1 Å². The number of piperazine rings is 1. The van der Waals surface area contributed by atoms with Crippen molar-refractivity contribution in [2.45, 2.75) is 25.2 Å². The summed E-state index contributed by atoms with van der Waals surface area (Å²) in [4.78, 5) is 25.9. The maximum Gasteiger partial charge on any atom is 0.230 e. The molecule has 3 aromatic rings. The van der Waals surface area contributed by atoms with Gasteiger partial charge in [0.1, 0.15) is 11.6 Å². The smallest absolute Gasteiger partial charge is 0.230 e. The molecule has 2 aliphatic rings. The van der Waals surface area contributed by atoms with Crippen molar-refractivity contribution in [1.29, 1.82) is 0 Å². The lowest BCUT2D eigenvalue weighted by atomic mass is 10.1. The normalized spacial score (nSPS) is 16.4. The summed E-state index contributed by atoms with van der Waals surface area (Å²) in [6.45, 7) is 2.89. The summed E-state index contributed by atoms with van der Waals surface area (Å²) in [5, 5.41) is 4.07. The fourth-order valence-corrected chi connectivity index (χ4v) is 3.77. The molecule has 0 bridgehead atoms. The van der Waals surface area contributed by atoms with Crippen LogP contribution in [-0.2, 0) is 11.2 Å². The van der Waals surface area contributed by atoms with Crippen molar-refractivity contribution >= 4 is 11.7 Å². The number of benzene rings is 1. The fourth-order valence-electron chi connectivity index (χ4n) is 3.77. The summed E-state index contributed by atoms with van der Waals surface area (Å²) < 4.78 is 10.5. The second-order valence-electron chi connectivity index (χ2n) is 8.03. The molecule has 1 aromatic carbocycles. The Morgan fingerprint density at radius 1 is 1.10 bits per heavy atom. The summed E-state index contributed by atoms with van der Waals surface area (Å²) in [7, 11) is 1.64. The van der Waals surface area contributed by atoms with Gasteiger partial charge in [0.05, 0.1) is 13.5 Å². The average molecular weight is 419 g/mol. The van der Waals surface area contributed by atoms with Gasteiger partial charge in [-0.25, -0.2) is 4.98 Å². The molecule has 5 rings (SSSR count). The standard InChI is InChI=1S/C23H25N5O3/c1-30-19-7-2-16(3-8-19)14-21(29)28-12-10-27(11-13-28)20-9-6-18(15-24-20)22-25-23(31-26-22)17-4-5-17/h2-3,6-9,15,17H,4-5,10-14H2,1H3. The zero-order valence-corrected chi connectivity index (χ0v) is 17.5. The Hall–Kier alpha value is -3.42. The fraction of sp³-hybridized carbons (Fsp3) is 0.391. The maximum absolute atomic E-state index is 12.7. The van der Waals surface area contributed by atoms with E-state index in [9.17, 15) is 4.79 Å². The second-order valence-corrected chi connectivity index (χ2v) is 8.03. The number of amides is 1. The first kappa shape index (κ1) is 19.5. The summed E-state index contributed by atoms with van der Waals surface area (Å²) >= 11 is 0. The molecule has 8 nitrogen and oxygen atoms in total. The molecule has 8 heteroatoms. The van der Waals surface area contributed by atoms with Gasteiger partial charge in [-0.15, -0.1) is 0 Å². The number of pyridine rings is 1. The van der Waals surface area contributed by atoms with Crippen LogP contribution in [0.25, 0.3) is 11.4 Å². The summed E-state index contributed by atoms with van der Waals surface area (Å²) in [6.07, 6.45) is 4.46. The van der Waals surface area contributed by atoms with E-state index in [0.29, 0.717) is 31.3 Å². The molecule has 0 atom stereocenters. The minimum absolute atomic E-state index is 0.150. The number of anilines is 1. The highest BCUT2D eigenvalue weighted by Gasteiger charge is 2.30. The van der Waals surface area contributed by atoms with Gasteiger partial charge in [0.2, 0.25) is 17.6 Å². The molecule has 160 valence electrons. The number of aromatic nitrogens is 3. The number of carbonyl (C=O) groups is 1. The lowest BCUT2D eigenvalue weighted by molar-refractivity contribution is -0.130. The summed E-state index contributed by atoms with van der Waals surface area (Å²) in [5.41, 5.74) is 1.85. The predicted octanol–water partition coefficient (Wildman–Crippen LogP) is 2.91. The van der Waals surface area contributed by atoms with Crippen molar-refractivity contribution in [2.75, 3.05) is 38.2 Å². The molecular formula is C23H25N5O3. The van der Waals surface area contributed by atoms with Gasteiger partial charge in [0, 0.05) is 43.9 Å². The Kier molecular flexibility index (Phi) is 5.28. The highest BCUT2D eigenvalue weighted by molar-refractivity contribution is 5.79. The van der Waals surface area contributed by atoms with E-state index in [1.54, 1.807) is 13.3 Å². The van der Waals surface area contributed by atoms with Crippen molar-refractivity contribution in [1.82, 2.24) is 20.0 Å². The van der Waals surface area contributed by atoms with E-state index in [0.717, 1.165) is 54.5 Å². The minimum Gasteiger partial charge on any atom is -0.497 e. The van der Waals surface area contributed by atoms with Crippen LogP contribution in [0.1, 0.15) is 30.2 Å². The highest BCUT2D eigenvalue weighted by Crippen LogP contribution is 2.39. The number of nitrogens with zero attached hydrogens (tertiary/aromatic N) is 5. The van der Waals surface area contributed by atoms with Crippen molar-refractivity contribution in [3.63, 3.8) is 0 Å². The van der Waals surface area contributed by atoms with Gasteiger partial charge < -0.3 is 19.1 Å². The van der Waals surface area contributed by atoms with Crippen molar-refractivity contribution in [3.8, 4) is 17.1 Å². The zero-order valence-electron chi connectivity index (χ0n) is 17.5. The summed E-state index contributed by atoms with van der Waals surface area (Å²) in [6, 6.07) is 11.6. The minimum atomic E-state index is 0.150. The molecule has 3 heterocycles. The molecule has 1 aliphatic carbocycles. The lowest BCUT2D eigenvalue weighted by Gasteiger charge is -2.35. The van der Waals surface area contributed by atoms with E-state index in [-0.39, 0.29) is 5.91 Å². The van der Waals surface area contributed by atoms with Crippen LogP contribution in [0, 0.1) is 0 Å². The molecule has 2 aromatic heterocycles. The van der Waals surface area contributed by atoms with Gasteiger partial charge in [-0.05, 0) is 42.7 Å². The van der Waals surface area contributed by atoms with Crippen molar-refractivity contribution in [3.05, 3.63) is 54.0 Å². The van der Waals surface area contributed by atoms with Crippen molar-refractivity contribution < 1.29 is 14.1 Å². The van der Waals surface area contributed by atoms with Crippen LogP contribution in [0.3, 0.4) is 0 Å². The molecule has 1 saturated carbocycles. The first-order valence-electron chi connectivity index (χ1n) is 10.7. The predicted molar refractivity (Wildman–Crippen MR) is 115 cm³/mol. The third-order valence-electron chi connectivity index (χ3n) is 5.85. The molecule has 0 radical (unpaired) electrons. The van der Waals surface area contributed by atoms with E-state index < -0.39 is 0 Å². The van der Waals surface area contributed by atoms with Crippen LogP contribution >= 0.6 is 0 Å². The van der Waals surface area contributed by atoms with E-state index in [2.05, 4.69) is 20.0 Å². The zero-order chi connectivity index (χ0) is 21.2. The largest absolute Gasteiger partial charge is 0.497 e. The van der Waals surface area contributed by atoms with Crippen LogP contribution in [0.2, 0.25) is 0 Å². The number of hydrogen-bond donors (Lipinski definition) is 0. The molecule has 31 heavy (non-hydrogen) atoms. The first-order valence-corrected chi connectivity index (χ1v) is 10.7. The van der Waals surface area contributed by atoms with Crippen LogP contribution in [-0.4, -0.2) is 59.2 Å². The lowest BCUT2D eigenvalue weighted by Crippen LogP contribution is -2.49. The van der Waals surface area contributed by atoms with E-state index >= 15 is 0 Å². The topological polar surface area (TPSA) is 84.6 Å². The van der Waals surface area contributed by atoms with Crippen molar-refractivity contribution in [2.24, 2.45) is 0 Å². The molecule has 1 saturated heterocycles. The number of ether oxygens (including phenoxy) is 1. The van der Waals surface area contributed by atoms with Crippen LogP contribution < -0.4 is 9.64 Å². The van der Waals surface area contributed by atoms with Gasteiger partial charge in [-0.2, -0.15) is 4.98 Å². The van der Waals surface area contributed by atoms with Gasteiger partial charge >= 0.3 is 0 Å². The molecule has 1 aliphatic heterocycles. The number of hydrogen-bond acceptors (Lipinski definition) is 7. The Morgan fingerprint density at radius 3 is 2.52 bits per heavy atom. The van der Waals surface area contributed by atoms with E-state index in [1.807, 2.05) is 41.3 Å². The third kappa shape index (κ3) is 4.38. The van der Waals surface area contributed by atoms with Crippen LogP contribution in [0.4, 0.5) is 5.82 Å². The quantitative estimate of drug-likeness (QED) is 0.607. The second kappa shape index (κ2) is 8.37. The SMILES string of the molecule is COc1ccc(CC(=O)N2CCN(c3ccc(-c4noc(C5CC5)n4)cn3)CC2)cc1. The van der Waals surface area contributed by atoms with E-state index in [1.165, 1.54) is 0 Å². The molecule has 0 spiro atoms. The molecular weight excluding hydrogens is 394 g/mol. The Labute approximate surface area is 180 Å². The first-order chi connectivity index (χ1) is 15.2. The average Bonchev–Trinajstić information content (AvgIpc) is 3.56.